The van der Waals surface area contributed by atoms with Crippen LogP contribution in [0.3, 0.4) is 0 Å². The van der Waals surface area contributed by atoms with Crippen molar-refractivity contribution in [2.45, 2.75) is 12.5 Å². The first-order valence-electron chi connectivity index (χ1n) is 3.93. The van der Waals surface area contributed by atoms with Crippen molar-refractivity contribution in [3.8, 4) is 0 Å². The van der Waals surface area contributed by atoms with E-state index in [-0.39, 0.29) is 18.4 Å². The van der Waals surface area contributed by atoms with E-state index >= 15 is 0 Å². The number of hydrogen-bond acceptors (Lipinski definition) is 4. The van der Waals surface area contributed by atoms with Crippen LogP contribution in [-0.4, -0.2) is 22.6 Å². The average Bonchev–Trinajstić information content (AvgIpc) is 2.51. The fourth-order valence-electron chi connectivity index (χ4n) is 0.992. The number of ether oxygens (including phenoxy) is 1. The van der Waals surface area contributed by atoms with Crippen LogP contribution in [0.5, 0.6) is 0 Å². The van der Waals surface area contributed by atoms with Crippen molar-refractivity contribution < 1.29 is 9.53 Å². The predicted molar refractivity (Wildman–Crippen MR) is 46.8 cm³/mol. The van der Waals surface area contributed by atoms with Crippen molar-refractivity contribution in [3.05, 3.63) is 18.2 Å². The molecule has 0 radical (unpaired) electrons. The zero-order chi connectivity index (χ0) is 9.84. The number of carbonyl (C=O) groups excluding carboxylic acids is 1. The Bertz CT molecular complexity index is 295. The first-order chi connectivity index (χ1) is 6.13. The minimum atomic E-state index is -0.381. The molecule has 0 aliphatic rings. The summed E-state index contributed by atoms with van der Waals surface area (Å²) < 4.78 is 6.28. The van der Waals surface area contributed by atoms with Crippen molar-refractivity contribution in [2.75, 3.05) is 7.11 Å². The highest BCUT2D eigenvalue weighted by Crippen LogP contribution is 2.10. The number of esters is 1. The third kappa shape index (κ3) is 2.55. The number of nitrogens with zero attached hydrogens (tertiary/aromatic N) is 2. The van der Waals surface area contributed by atoms with E-state index in [0.29, 0.717) is 5.69 Å². The molecule has 0 aliphatic carbocycles. The van der Waals surface area contributed by atoms with Crippen molar-refractivity contribution in [3.63, 3.8) is 0 Å². The highest BCUT2D eigenvalue weighted by molar-refractivity contribution is 5.70. The molecule has 2 N–H and O–H groups in total. The summed E-state index contributed by atoms with van der Waals surface area (Å²) >= 11 is 0. The number of rotatable bonds is 3. The molecule has 1 aromatic heterocycles. The Morgan fingerprint density at radius 3 is 3.00 bits per heavy atom. The molecule has 0 spiro atoms. The molecular formula is C8H13N3O2. The number of methoxy groups -OCH3 is 1. The Balaban J connectivity index is 2.58. The summed E-state index contributed by atoms with van der Waals surface area (Å²) in [5.74, 6) is -0.321. The zero-order valence-electron chi connectivity index (χ0n) is 7.73. The van der Waals surface area contributed by atoms with Gasteiger partial charge < -0.3 is 15.0 Å². The van der Waals surface area contributed by atoms with E-state index in [9.17, 15) is 4.79 Å². The van der Waals surface area contributed by atoms with Crippen LogP contribution in [0.4, 0.5) is 0 Å². The van der Waals surface area contributed by atoms with Gasteiger partial charge in [-0.15, -0.1) is 0 Å². The van der Waals surface area contributed by atoms with Gasteiger partial charge in [-0.1, -0.05) is 0 Å². The molecule has 5 heteroatoms. The highest BCUT2D eigenvalue weighted by Gasteiger charge is 2.13. The number of imidazole rings is 1. The van der Waals surface area contributed by atoms with Crippen LogP contribution in [0, 0.1) is 0 Å². The average molecular weight is 183 g/mol. The summed E-state index contributed by atoms with van der Waals surface area (Å²) in [6, 6.07) is -0.381. The first kappa shape index (κ1) is 9.73. The molecular weight excluding hydrogens is 170 g/mol. The summed E-state index contributed by atoms with van der Waals surface area (Å²) in [7, 11) is 3.19. The topological polar surface area (TPSA) is 70.1 Å². The van der Waals surface area contributed by atoms with Gasteiger partial charge in [-0.2, -0.15) is 0 Å². The van der Waals surface area contributed by atoms with E-state index in [1.165, 1.54) is 7.11 Å². The molecule has 0 unspecified atom stereocenters. The monoisotopic (exact) mass is 183 g/mol. The molecule has 0 aromatic carbocycles. The summed E-state index contributed by atoms with van der Waals surface area (Å²) in [5.41, 5.74) is 6.41. The van der Waals surface area contributed by atoms with Crippen LogP contribution in [0.1, 0.15) is 18.2 Å². The van der Waals surface area contributed by atoms with Crippen LogP contribution < -0.4 is 5.73 Å². The summed E-state index contributed by atoms with van der Waals surface area (Å²) in [4.78, 5) is 14.9. The van der Waals surface area contributed by atoms with Crippen molar-refractivity contribution in [1.82, 2.24) is 9.55 Å². The van der Waals surface area contributed by atoms with Gasteiger partial charge in [-0.25, -0.2) is 4.98 Å². The van der Waals surface area contributed by atoms with Gasteiger partial charge in [0, 0.05) is 13.2 Å². The molecule has 0 saturated carbocycles. The van der Waals surface area contributed by atoms with Crippen molar-refractivity contribution >= 4 is 5.97 Å². The lowest BCUT2D eigenvalue weighted by molar-refractivity contribution is -0.141. The number of aryl methyl sites for hydroxylation is 1. The molecule has 0 amide bonds. The van der Waals surface area contributed by atoms with Crippen molar-refractivity contribution in [1.29, 1.82) is 0 Å². The lowest BCUT2D eigenvalue weighted by Gasteiger charge is -2.05. The van der Waals surface area contributed by atoms with Gasteiger partial charge in [-0.3, -0.25) is 4.79 Å². The quantitative estimate of drug-likeness (QED) is 0.669. The normalized spacial score (nSPS) is 12.5. The Labute approximate surface area is 76.5 Å². The van der Waals surface area contributed by atoms with Crippen LogP contribution in [0.25, 0.3) is 0 Å². The summed E-state index contributed by atoms with van der Waals surface area (Å²) in [6.07, 6.45) is 3.59. The standard InChI is InChI=1S/C8H13N3O2/c1-11-4-7(10-5-11)6(9)3-8(12)13-2/h4-6H,3,9H2,1-2H3/t6-/m1/s1. The minimum Gasteiger partial charge on any atom is -0.469 e. The molecule has 5 nitrogen and oxygen atoms in total. The van der Waals surface area contributed by atoms with Gasteiger partial charge in [0.1, 0.15) is 0 Å². The fraction of sp³-hybridized carbons (Fsp3) is 0.500. The Morgan fingerprint density at radius 1 is 1.85 bits per heavy atom. The lowest BCUT2D eigenvalue weighted by Crippen LogP contribution is -2.16. The van der Waals surface area contributed by atoms with E-state index in [4.69, 9.17) is 5.73 Å². The molecule has 0 bridgehead atoms. The van der Waals surface area contributed by atoms with Gasteiger partial charge in [0.2, 0.25) is 0 Å². The molecule has 13 heavy (non-hydrogen) atoms. The Hall–Kier alpha value is -1.36. The van der Waals surface area contributed by atoms with Gasteiger partial charge >= 0.3 is 5.97 Å². The van der Waals surface area contributed by atoms with Crippen LogP contribution in [0.2, 0.25) is 0 Å². The second-order valence-electron chi connectivity index (χ2n) is 2.85. The molecule has 0 fully saturated rings. The fourth-order valence-corrected chi connectivity index (χ4v) is 0.992. The molecule has 1 rings (SSSR count). The second-order valence-corrected chi connectivity index (χ2v) is 2.85. The van der Waals surface area contributed by atoms with Gasteiger partial charge in [0.15, 0.2) is 0 Å². The van der Waals surface area contributed by atoms with E-state index in [1.807, 2.05) is 7.05 Å². The SMILES string of the molecule is COC(=O)C[C@@H](N)c1cn(C)cn1. The van der Waals surface area contributed by atoms with Crippen LogP contribution in [0.15, 0.2) is 12.5 Å². The van der Waals surface area contributed by atoms with Crippen LogP contribution in [-0.2, 0) is 16.6 Å². The molecule has 1 aromatic rings. The Kier molecular flexibility index (Phi) is 3.02. The zero-order valence-corrected chi connectivity index (χ0v) is 7.73. The van der Waals surface area contributed by atoms with E-state index < -0.39 is 0 Å². The molecule has 72 valence electrons. The third-order valence-electron chi connectivity index (χ3n) is 1.72. The molecule has 1 heterocycles. The smallest absolute Gasteiger partial charge is 0.307 e. The predicted octanol–water partition coefficient (Wildman–Crippen LogP) is -0.0170. The maximum absolute atomic E-state index is 10.9. The minimum absolute atomic E-state index is 0.160. The number of nitrogens with two attached hydrogens (primary N) is 1. The number of hydrogen-bond donors (Lipinski definition) is 1. The second kappa shape index (κ2) is 4.04. The molecule has 1 atom stereocenters. The van der Waals surface area contributed by atoms with E-state index in [0.717, 1.165) is 0 Å². The first-order valence-corrected chi connectivity index (χ1v) is 3.93. The van der Waals surface area contributed by atoms with Crippen molar-refractivity contribution in [2.24, 2.45) is 12.8 Å². The highest BCUT2D eigenvalue weighted by atomic mass is 16.5. The van der Waals surface area contributed by atoms with Gasteiger partial charge in [0.25, 0.3) is 0 Å². The number of carbonyl (C=O) groups is 1. The van der Waals surface area contributed by atoms with Gasteiger partial charge in [0.05, 0.1) is 31.6 Å². The van der Waals surface area contributed by atoms with Gasteiger partial charge in [-0.05, 0) is 0 Å². The van der Waals surface area contributed by atoms with E-state index in [2.05, 4.69) is 9.72 Å². The third-order valence-corrected chi connectivity index (χ3v) is 1.72. The summed E-state index contributed by atoms with van der Waals surface area (Å²) in [6.45, 7) is 0. The summed E-state index contributed by atoms with van der Waals surface area (Å²) in [5, 5.41) is 0. The number of aromatic nitrogens is 2. The Morgan fingerprint density at radius 2 is 2.54 bits per heavy atom. The maximum Gasteiger partial charge on any atom is 0.307 e. The maximum atomic E-state index is 10.9. The molecule has 0 aliphatic heterocycles. The molecule has 0 saturated heterocycles. The largest absolute Gasteiger partial charge is 0.469 e. The van der Waals surface area contributed by atoms with Crippen LogP contribution >= 0.6 is 0 Å². The van der Waals surface area contributed by atoms with E-state index in [1.54, 1.807) is 17.1 Å². The lowest BCUT2D eigenvalue weighted by atomic mass is 10.2.